The van der Waals surface area contributed by atoms with Crippen LogP contribution in [0.4, 0.5) is 11.4 Å². The number of aromatic nitrogens is 2. The molecule has 2 heterocycles. The van der Waals surface area contributed by atoms with E-state index in [0.29, 0.717) is 22.8 Å². The van der Waals surface area contributed by atoms with E-state index in [-0.39, 0.29) is 18.4 Å². The van der Waals surface area contributed by atoms with Gasteiger partial charge in [0.2, 0.25) is 5.91 Å². The first-order valence-electron chi connectivity index (χ1n) is 7.76. The van der Waals surface area contributed by atoms with Crippen molar-refractivity contribution in [2.24, 2.45) is 0 Å². The number of rotatable bonds is 5. The summed E-state index contributed by atoms with van der Waals surface area (Å²) in [6.45, 7) is 3.18. The number of amides is 2. The molecular weight excluding hydrogens is 320 g/mol. The number of anilines is 2. The summed E-state index contributed by atoms with van der Waals surface area (Å²) in [5.74, 6) is 0.0675. The van der Waals surface area contributed by atoms with Gasteiger partial charge >= 0.3 is 0 Å². The molecule has 2 amide bonds. The Balaban J connectivity index is 1.64. The predicted molar refractivity (Wildman–Crippen MR) is 94.8 cm³/mol. The minimum atomic E-state index is -0.301. The number of benzene rings is 1. The van der Waals surface area contributed by atoms with E-state index >= 15 is 0 Å². The first-order chi connectivity index (χ1) is 12.0. The van der Waals surface area contributed by atoms with E-state index in [9.17, 15) is 9.59 Å². The molecule has 128 valence electrons. The third-order valence-corrected chi connectivity index (χ3v) is 3.39. The number of nitrogens with one attached hydrogen (secondary N) is 2. The van der Waals surface area contributed by atoms with Crippen LogP contribution >= 0.6 is 0 Å². The molecule has 0 unspecified atom stereocenters. The van der Waals surface area contributed by atoms with Crippen LogP contribution in [0.3, 0.4) is 0 Å². The Kier molecular flexibility index (Phi) is 4.65. The molecule has 2 aromatic heterocycles. The monoisotopic (exact) mass is 338 g/mol. The summed E-state index contributed by atoms with van der Waals surface area (Å²) in [4.78, 5) is 27.6. The highest BCUT2D eigenvalue weighted by Crippen LogP contribution is 2.19. The van der Waals surface area contributed by atoms with Crippen molar-refractivity contribution in [3.8, 4) is 5.75 Å². The number of nitrogens with zero attached hydrogens (tertiary/aromatic N) is 2. The second kappa shape index (κ2) is 7.04. The van der Waals surface area contributed by atoms with Crippen LogP contribution in [-0.4, -0.2) is 27.8 Å². The smallest absolute Gasteiger partial charge is 0.262 e. The lowest BCUT2D eigenvalue weighted by atomic mass is 10.2. The lowest BCUT2D eigenvalue weighted by molar-refractivity contribution is -0.118. The summed E-state index contributed by atoms with van der Waals surface area (Å²) in [6, 6.07) is 10.5. The molecule has 0 spiro atoms. The van der Waals surface area contributed by atoms with E-state index in [1.54, 1.807) is 30.3 Å². The second-order valence-electron chi connectivity index (χ2n) is 5.58. The predicted octanol–water partition coefficient (Wildman–Crippen LogP) is 2.62. The normalized spacial score (nSPS) is 10.5. The summed E-state index contributed by atoms with van der Waals surface area (Å²) in [7, 11) is 0. The highest BCUT2D eigenvalue weighted by molar-refractivity contribution is 5.94. The molecule has 2 N–H and O–H groups in total. The van der Waals surface area contributed by atoms with E-state index < -0.39 is 0 Å². The van der Waals surface area contributed by atoms with Gasteiger partial charge in [-0.05, 0) is 37.3 Å². The number of pyridine rings is 1. The fourth-order valence-electron chi connectivity index (χ4n) is 2.44. The van der Waals surface area contributed by atoms with E-state index in [1.807, 2.05) is 29.8 Å². The number of imidazole rings is 1. The minimum absolute atomic E-state index is 0.143. The van der Waals surface area contributed by atoms with Crippen molar-refractivity contribution in [2.75, 3.05) is 17.2 Å². The van der Waals surface area contributed by atoms with Gasteiger partial charge in [0, 0.05) is 30.7 Å². The summed E-state index contributed by atoms with van der Waals surface area (Å²) in [6.07, 6.45) is 3.76. The van der Waals surface area contributed by atoms with Gasteiger partial charge in [-0.15, -0.1) is 0 Å². The topological polar surface area (TPSA) is 84.7 Å². The Morgan fingerprint density at radius 2 is 1.92 bits per heavy atom. The number of hydrogen-bond donors (Lipinski definition) is 2. The molecule has 7 nitrogen and oxygen atoms in total. The van der Waals surface area contributed by atoms with Crippen LogP contribution in [0.25, 0.3) is 5.65 Å². The molecule has 1 aromatic carbocycles. The van der Waals surface area contributed by atoms with Crippen LogP contribution < -0.4 is 15.4 Å². The van der Waals surface area contributed by atoms with Crippen LogP contribution in [0.5, 0.6) is 5.75 Å². The van der Waals surface area contributed by atoms with Gasteiger partial charge < -0.3 is 19.8 Å². The first kappa shape index (κ1) is 16.5. The van der Waals surface area contributed by atoms with Gasteiger partial charge in [0.15, 0.2) is 18.0 Å². The minimum Gasteiger partial charge on any atom is -0.480 e. The van der Waals surface area contributed by atoms with Crippen molar-refractivity contribution in [1.29, 1.82) is 0 Å². The van der Waals surface area contributed by atoms with E-state index in [0.717, 1.165) is 5.69 Å². The second-order valence-corrected chi connectivity index (χ2v) is 5.58. The Labute approximate surface area is 144 Å². The van der Waals surface area contributed by atoms with Gasteiger partial charge in [0.05, 0.1) is 5.69 Å². The number of carbonyl (C=O) groups excluding carboxylic acids is 2. The van der Waals surface area contributed by atoms with Crippen molar-refractivity contribution in [2.45, 2.75) is 13.8 Å². The van der Waals surface area contributed by atoms with Crippen molar-refractivity contribution in [1.82, 2.24) is 9.38 Å². The van der Waals surface area contributed by atoms with Crippen molar-refractivity contribution < 1.29 is 14.3 Å². The number of hydrogen-bond acceptors (Lipinski definition) is 4. The third kappa shape index (κ3) is 4.14. The zero-order valence-electron chi connectivity index (χ0n) is 13.9. The van der Waals surface area contributed by atoms with Gasteiger partial charge in [0.1, 0.15) is 0 Å². The molecule has 0 aliphatic heterocycles. The fraction of sp³-hybridized carbons (Fsp3) is 0.167. The summed E-state index contributed by atoms with van der Waals surface area (Å²) in [5.41, 5.74) is 2.73. The molecule has 0 saturated heterocycles. The molecule has 3 rings (SSSR count). The van der Waals surface area contributed by atoms with Gasteiger partial charge in [0.25, 0.3) is 5.91 Å². The zero-order chi connectivity index (χ0) is 17.8. The van der Waals surface area contributed by atoms with Crippen molar-refractivity contribution in [3.05, 3.63) is 54.5 Å². The maximum absolute atomic E-state index is 12.1. The highest BCUT2D eigenvalue weighted by atomic mass is 16.5. The molecule has 7 heteroatoms. The maximum Gasteiger partial charge on any atom is 0.262 e. The Bertz CT molecular complexity index is 933. The van der Waals surface area contributed by atoms with Gasteiger partial charge in [-0.3, -0.25) is 9.59 Å². The lowest BCUT2D eigenvalue weighted by Gasteiger charge is -2.09. The molecule has 0 fully saturated rings. The Morgan fingerprint density at radius 3 is 2.68 bits per heavy atom. The average molecular weight is 338 g/mol. The standard InChI is InChI=1S/C18H18N4O3/c1-12-10-22-8-4-7-16(18(22)19-12)25-11-17(24)21-15-6-3-5-14(9-15)20-13(2)23/h3-10H,11H2,1-2H3,(H,20,23)(H,21,24). The van der Waals surface area contributed by atoms with Crippen LogP contribution in [0.1, 0.15) is 12.6 Å². The van der Waals surface area contributed by atoms with E-state index in [1.165, 1.54) is 6.92 Å². The summed E-state index contributed by atoms with van der Waals surface area (Å²) in [5, 5.41) is 5.40. The molecule has 0 atom stereocenters. The maximum atomic E-state index is 12.1. The van der Waals surface area contributed by atoms with E-state index in [2.05, 4.69) is 15.6 Å². The van der Waals surface area contributed by atoms with Gasteiger partial charge in [-0.25, -0.2) is 4.98 Å². The number of fused-ring (bicyclic) bond motifs is 1. The molecule has 0 bridgehead atoms. The summed E-state index contributed by atoms with van der Waals surface area (Å²) < 4.78 is 7.44. The summed E-state index contributed by atoms with van der Waals surface area (Å²) >= 11 is 0. The first-order valence-corrected chi connectivity index (χ1v) is 7.76. The average Bonchev–Trinajstić information content (AvgIpc) is 2.93. The van der Waals surface area contributed by atoms with Crippen LogP contribution in [0.15, 0.2) is 48.8 Å². The molecule has 0 aliphatic carbocycles. The molecular formula is C18H18N4O3. The molecule has 0 radical (unpaired) electrons. The number of carbonyl (C=O) groups is 2. The zero-order valence-corrected chi connectivity index (χ0v) is 13.9. The molecule has 3 aromatic rings. The number of ether oxygens (including phenoxy) is 1. The van der Waals surface area contributed by atoms with Crippen LogP contribution in [-0.2, 0) is 9.59 Å². The number of aryl methyl sites for hydroxylation is 1. The fourth-order valence-corrected chi connectivity index (χ4v) is 2.44. The Hall–Kier alpha value is -3.35. The van der Waals surface area contributed by atoms with Gasteiger partial charge in [-0.2, -0.15) is 0 Å². The quantitative estimate of drug-likeness (QED) is 0.749. The van der Waals surface area contributed by atoms with Crippen LogP contribution in [0.2, 0.25) is 0 Å². The largest absolute Gasteiger partial charge is 0.480 e. The lowest BCUT2D eigenvalue weighted by Crippen LogP contribution is -2.20. The molecule has 0 saturated carbocycles. The third-order valence-electron chi connectivity index (χ3n) is 3.39. The SMILES string of the molecule is CC(=O)Nc1cccc(NC(=O)COc2cccn3cc(C)nc23)c1. The van der Waals surface area contributed by atoms with Crippen molar-refractivity contribution >= 4 is 28.8 Å². The molecule has 0 aliphatic rings. The van der Waals surface area contributed by atoms with Crippen molar-refractivity contribution in [3.63, 3.8) is 0 Å². The highest BCUT2D eigenvalue weighted by Gasteiger charge is 2.09. The van der Waals surface area contributed by atoms with Gasteiger partial charge in [-0.1, -0.05) is 6.07 Å². The Morgan fingerprint density at radius 1 is 1.16 bits per heavy atom. The van der Waals surface area contributed by atoms with Crippen LogP contribution in [0, 0.1) is 6.92 Å². The van der Waals surface area contributed by atoms with E-state index in [4.69, 9.17) is 4.74 Å². The molecule has 25 heavy (non-hydrogen) atoms.